The molecule has 112 valence electrons. The van der Waals surface area contributed by atoms with Crippen molar-refractivity contribution in [1.29, 1.82) is 0 Å². The van der Waals surface area contributed by atoms with Gasteiger partial charge in [-0.1, -0.05) is 11.3 Å². The van der Waals surface area contributed by atoms with Gasteiger partial charge in [-0.15, -0.1) is 0 Å². The van der Waals surface area contributed by atoms with E-state index in [0.29, 0.717) is 18.0 Å². The molecule has 1 fully saturated rings. The number of aromatic nitrogens is 1. The number of carbonyl (C=O) groups is 1. The number of hydrogen-bond donors (Lipinski definition) is 3. The third kappa shape index (κ3) is 3.81. The smallest absolute Gasteiger partial charge is 0.265 e. The van der Waals surface area contributed by atoms with Crippen LogP contribution in [-0.4, -0.2) is 55.5 Å². The molecule has 1 amide bonds. The van der Waals surface area contributed by atoms with Gasteiger partial charge in [0.05, 0.1) is 19.8 Å². The molecule has 1 aromatic heterocycles. The van der Waals surface area contributed by atoms with Crippen LogP contribution in [0.25, 0.3) is 0 Å². The first-order chi connectivity index (χ1) is 9.72. The molecule has 7 nitrogen and oxygen atoms in total. The zero-order chi connectivity index (χ0) is 14.4. The maximum Gasteiger partial charge on any atom is 0.265 e. The molecule has 0 atom stereocenters. The average molecular weight is 300 g/mol. The monoisotopic (exact) mass is 300 g/mol. The minimum atomic E-state index is -0.224. The molecule has 1 aromatic rings. The number of nitrogens with one attached hydrogen (secondary N) is 1. The Morgan fingerprint density at radius 3 is 2.90 bits per heavy atom. The summed E-state index contributed by atoms with van der Waals surface area (Å²) in [5, 5.41) is 12.1. The van der Waals surface area contributed by atoms with Crippen LogP contribution in [0.3, 0.4) is 0 Å². The third-order valence-corrected chi connectivity index (χ3v) is 4.12. The largest absolute Gasteiger partial charge is 0.394 e. The molecule has 2 heterocycles. The Labute approximate surface area is 121 Å². The lowest BCUT2D eigenvalue weighted by atomic mass is 10.4. The van der Waals surface area contributed by atoms with E-state index in [1.807, 2.05) is 0 Å². The number of rotatable bonds is 7. The molecule has 0 aliphatic carbocycles. The summed E-state index contributed by atoms with van der Waals surface area (Å²) in [4.78, 5) is 18.9. The Morgan fingerprint density at radius 2 is 2.20 bits per heavy atom. The Morgan fingerprint density at radius 1 is 1.45 bits per heavy atom. The van der Waals surface area contributed by atoms with E-state index in [0.717, 1.165) is 31.1 Å². The van der Waals surface area contributed by atoms with E-state index in [-0.39, 0.29) is 24.9 Å². The number of aliphatic hydroxyl groups excluding tert-OH is 1. The summed E-state index contributed by atoms with van der Waals surface area (Å²) in [6.45, 7) is 2.96. The Balaban J connectivity index is 1.86. The molecule has 0 unspecified atom stereocenters. The van der Waals surface area contributed by atoms with E-state index in [9.17, 15) is 4.79 Å². The summed E-state index contributed by atoms with van der Waals surface area (Å²) >= 11 is 1.33. The second-order valence-corrected chi connectivity index (χ2v) is 5.47. The van der Waals surface area contributed by atoms with Gasteiger partial charge in [0.1, 0.15) is 10.7 Å². The molecule has 0 saturated carbocycles. The van der Waals surface area contributed by atoms with Gasteiger partial charge in [0.25, 0.3) is 5.91 Å². The first-order valence-electron chi connectivity index (χ1n) is 6.70. The number of ether oxygens (including phenoxy) is 1. The van der Waals surface area contributed by atoms with Crippen molar-refractivity contribution in [2.75, 3.05) is 50.1 Å². The number of thiazole rings is 1. The van der Waals surface area contributed by atoms with Gasteiger partial charge in [0.2, 0.25) is 0 Å². The van der Waals surface area contributed by atoms with Crippen LogP contribution in [0.2, 0.25) is 0 Å². The van der Waals surface area contributed by atoms with Gasteiger partial charge in [-0.3, -0.25) is 4.79 Å². The van der Waals surface area contributed by atoms with Gasteiger partial charge < -0.3 is 25.8 Å². The molecule has 4 N–H and O–H groups in total. The Kier molecular flexibility index (Phi) is 5.57. The van der Waals surface area contributed by atoms with E-state index < -0.39 is 0 Å². The van der Waals surface area contributed by atoms with Crippen LogP contribution in [0, 0.1) is 0 Å². The van der Waals surface area contributed by atoms with Crippen LogP contribution in [0.4, 0.5) is 10.9 Å². The SMILES string of the molecule is Nc1nc(N2CCCC2)sc1C(=O)NCCOCCO. The van der Waals surface area contributed by atoms with Gasteiger partial charge >= 0.3 is 0 Å². The molecule has 20 heavy (non-hydrogen) atoms. The molecule has 2 rings (SSSR count). The lowest BCUT2D eigenvalue weighted by Crippen LogP contribution is -2.27. The van der Waals surface area contributed by atoms with Crippen molar-refractivity contribution in [3.05, 3.63) is 4.88 Å². The van der Waals surface area contributed by atoms with Crippen LogP contribution in [0.5, 0.6) is 0 Å². The number of nitrogens with two attached hydrogens (primary N) is 1. The number of aliphatic hydroxyl groups is 1. The fraction of sp³-hybridized carbons (Fsp3) is 0.667. The summed E-state index contributed by atoms with van der Waals surface area (Å²) in [5.74, 6) is 0.0590. The van der Waals surface area contributed by atoms with E-state index in [1.165, 1.54) is 11.3 Å². The maximum atomic E-state index is 12.0. The Hall–Kier alpha value is -1.38. The molecule has 0 bridgehead atoms. The van der Waals surface area contributed by atoms with Crippen LogP contribution >= 0.6 is 11.3 Å². The summed E-state index contributed by atoms with van der Waals surface area (Å²) in [5.41, 5.74) is 5.81. The highest BCUT2D eigenvalue weighted by Crippen LogP contribution is 2.30. The summed E-state index contributed by atoms with van der Waals surface area (Å²) in [7, 11) is 0. The Bertz CT molecular complexity index is 446. The molecule has 1 saturated heterocycles. The molecule has 1 aliphatic heterocycles. The number of hydrogen-bond acceptors (Lipinski definition) is 7. The number of amides is 1. The van der Waals surface area contributed by atoms with E-state index >= 15 is 0 Å². The van der Waals surface area contributed by atoms with E-state index in [4.69, 9.17) is 15.6 Å². The molecular weight excluding hydrogens is 280 g/mol. The van der Waals surface area contributed by atoms with E-state index in [1.54, 1.807) is 0 Å². The molecule has 0 spiro atoms. The summed E-state index contributed by atoms with van der Waals surface area (Å²) < 4.78 is 5.07. The minimum absolute atomic E-state index is 0.0189. The number of anilines is 2. The number of carbonyl (C=O) groups excluding carboxylic acids is 1. The quantitative estimate of drug-likeness (QED) is 0.616. The average Bonchev–Trinajstić information content (AvgIpc) is 3.07. The summed E-state index contributed by atoms with van der Waals surface area (Å²) in [6.07, 6.45) is 2.31. The molecule has 0 aromatic carbocycles. The molecular formula is C12H20N4O3S. The van der Waals surface area contributed by atoms with Crippen LogP contribution in [-0.2, 0) is 4.74 Å². The fourth-order valence-corrected chi connectivity index (χ4v) is 2.96. The zero-order valence-corrected chi connectivity index (χ0v) is 12.1. The molecule has 0 radical (unpaired) electrons. The fourth-order valence-electron chi connectivity index (χ4n) is 2.01. The highest BCUT2D eigenvalue weighted by molar-refractivity contribution is 7.18. The number of nitrogen functional groups attached to an aromatic ring is 1. The van der Waals surface area contributed by atoms with Crippen molar-refractivity contribution in [2.24, 2.45) is 0 Å². The van der Waals surface area contributed by atoms with Crippen molar-refractivity contribution >= 4 is 28.2 Å². The first kappa shape index (κ1) is 15.0. The van der Waals surface area contributed by atoms with Crippen LogP contribution in [0.15, 0.2) is 0 Å². The lowest BCUT2D eigenvalue weighted by Gasteiger charge is -2.11. The maximum absolute atomic E-state index is 12.0. The highest BCUT2D eigenvalue weighted by atomic mass is 32.1. The van der Waals surface area contributed by atoms with Gasteiger partial charge in [-0.2, -0.15) is 0 Å². The predicted octanol–water partition coefficient (Wildman–Crippen LogP) is 0.0642. The standard InChI is InChI=1S/C12H20N4O3S/c13-10-9(11(18)14-3-7-19-8-6-17)20-12(15-10)16-4-1-2-5-16/h17H,1-8,13H2,(H,14,18). The molecule has 8 heteroatoms. The summed E-state index contributed by atoms with van der Waals surface area (Å²) in [6, 6.07) is 0. The normalized spacial score (nSPS) is 14.8. The highest BCUT2D eigenvalue weighted by Gasteiger charge is 2.21. The third-order valence-electron chi connectivity index (χ3n) is 2.99. The minimum Gasteiger partial charge on any atom is -0.394 e. The van der Waals surface area contributed by atoms with Crippen molar-refractivity contribution in [2.45, 2.75) is 12.8 Å². The first-order valence-corrected chi connectivity index (χ1v) is 7.52. The van der Waals surface area contributed by atoms with Crippen molar-refractivity contribution in [1.82, 2.24) is 10.3 Å². The van der Waals surface area contributed by atoms with Gasteiger partial charge in [0, 0.05) is 19.6 Å². The van der Waals surface area contributed by atoms with Crippen LogP contribution < -0.4 is 16.0 Å². The number of nitrogens with zero attached hydrogens (tertiary/aromatic N) is 2. The van der Waals surface area contributed by atoms with E-state index in [2.05, 4.69) is 15.2 Å². The second-order valence-electron chi connectivity index (χ2n) is 4.50. The molecule has 1 aliphatic rings. The second kappa shape index (κ2) is 7.41. The van der Waals surface area contributed by atoms with Gasteiger partial charge in [-0.05, 0) is 12.8 Å². The van der Waals surface area contributed by atoms with Gasteiger partial charge in [-0.25, -0.2) is 4.98 Å². The van der Waals surface area contributed by atoms with Crippen molar-refractivity contribution < 1.29 is 14.6 Å². The predicted molar refractivity (Wildman–Crippen MR) is 78.2 cm³/mol. The topological polar surface area (TPSA) is 101 Å². The van der Waals surface area contributed by atoms with Gasteiger partial charge in [0.15, 0.2) is 5.13 Å². The van der Waals surface area contributed by atoms with Crippen molar-refractivity contribution in [3.8, 4) is 0 Å². The lowest BCUT2D eigenvalue weighted by molar-refractivity contribution is 0.0841. The van der Waals surface area contributed by atoms with Crippen molar-refractivity contribution in [3.63, 3.8) is 0 Å². The van der Waals surface area contributed by atoms with Crippen LogP contribution in [0.1, 0.15) is 22.5 Å². The zero-order valence-electron chi connectivity index (χ0n) is 11.3.